The van der Waals surface area contributed by atoms with Crippen molar-refractivity contribution in [1.82, 2.24) is 0 Å². The van der Waals surface area contributed by atoms with Crippen molar-refractivity contribution >= 4 is 28.9 Å². The van der Waals surface area contributed by atoms with E-state index in [4.69, 9.17) is 16.3 Å². The largest absolute Gasteiger partial charge is 0.372 e. The minimum Gasteiger partial charge on any atom is -0.372 e. The maximum absolute atomic E-state index is 13.4. The van der Waals surface area contributed by atoms with Gasteiger partial charge in [-0.1, -0.05) is 31.5 Å². The van der Waals surface area contributed by atoms with Crippen LogP contribution >= 0.6 is 11.6 Å². The molecule has 1 aromatic rings. The van der Waals surface area contributed by atoms with E-state index < -0.39 is 5.41 Å². The fourth-order valence-electron chi connectivity index (χ4n) is 5.33. The number of benzene rings is 1. The number of hydrogen-bond acceptors (Lipinski definition) is 4. The third kappa shape index (κ3) is 2.53. The number of nitrogens with zero attached hydrogens (tertiary/aromatic N) is 1. The lowest BCUT2D eigenvalue weighted by Crippen LogP contribution is -2.70. The van der Waals surface area contributed by atoms with E-state index >= 15 is 0 Å². The van der Waals surface area contributed by atoms with E-state index in [0.717, 1.165) is 11.3 Å². The van der Waals surface area contributed by atoms with Crippen LogP contribution in [0.1, 0.15) is 46.1 Å². The van der Waals surface area contributed by atoms with Gasteiger partial charge in [0.1, 0.15) is 17.0 Å². The molecule has 0 N–H and O–H groups in total. The number of ether oxygens (including phenoxy) is 1. The van der Waals surface area contributed by atoms with E-state index in [1.54, 1.807) is 0 Å². The molecule has 2 aliphatic heterocycles. The monoisotopic (exact) mass is 375 g/mol. The fraction of sp³-hybridized carbons (Fsp3) is 0.619. The zero-order valence-electron chi connectivity index (χ0n) is 15.8. The first-order chi connectivity index (χ1) is 12.1. The minimum absolute atomic E-state index is 0.0356. The fourth-order valence-corrected chi connectivity index (χ4v) is 5.50. The van der Waals surface area contributed by atoms with E-state index in [9.17, 15) is 9.59 Å². The summed E-state index contributed by atoms with van der Waals surface area (Å²) < 4.78 is 6.10. The van der Waals surface area contributed by atoms with Gasteiger partial charge in [0, 0.05) is 30.1 Å². The standard InChI is InChI=1S/C21H26ClNO3/c1-12-11-23-16-7-15(22)6-5-14(16)8-21(19(23)13(2)26-12)17(24)9-20(3,4)10-18(21)25/h5-7,12-13,19H,8-11H2,1-4H3/t12-,13+,19-/m1/s1. The summed E-state index contributed by atoms with van der Waals surface area (Å²) in [5, 5.41) is 0.674. The molecule has 1 saturated heterocycles. The van der Waals surface area contributed by atoms with Crippen LogP contribution in [-0.4, -0.2) is 36.4 Å². The Balaban J connectivity index is 1.90. The molecule has 0 aromatic heterocycles. The van der Waals surface area contributed by atoms with E-state index in [1.165, 1.54) is 0 Å². The lowest BCUT2D eigenvalue weighted by Gasteiger charge is -2.57. The van der Waals surface area contributed by atoms with Gasteiger partial charge < -0.3 is 9.64 Å². The molecule has 2 heterocycles. The zero-order valence-corrected chi connectivity index (χ0v) is 16.6. The van der Waals surface area contributed by atoms with Crippen LogP contribution in [0.5, 0.6) is 0 Å². The number of morpholine rings is 1. The van der Waals surface area contributed by atoms with Crippen molar-refractivity contribution < 1.29 is 14.3 Å². The normalized spacial score (nSPS) is 32.3. The lowest BCUT2D eigenvalue weighted by molar-refractivity contribution is -0.157. The van der Waals surface area contributed by atoms with Crippen LogP contribution in [0.15, 0.2) is 18.2 Å². The average Bonchev–Trinajstić information content (AvgIpc) is 2.51. The summed E-state index contributed by atoms with van der Waals surface area (Å²) in [6.07, 6.45) is 1.17. The molecule has 3 aliphatic rings. The van der Waals surface area contributed by atoms with Gasteiger partial charge >= 0.3 is 0 Å². The molecular weight excluding hydrogens is 350 g/mol. The summed E-state index contributed by atoms with van der Waals surface area (Å²) in [5.74, 6) is 0.138. The van der Waals surface area contributed by atoms with Crippen molar-refractivity contribution in [2.45, 2.75) is 65.2 Å². The number of ketones is 2. The second-order valence-electron chi connectivity index (χ2n) is 9.03. The molecule has 0 unspecified atom stereocenters. The molecule has 0 amide bonds. The molecule has 26 heavy (non-hydrogen) atoms. The molecule has 0 radical (unpaired) electrons. The van der Waals surface area contributed by atoms with Crippen molar-refractivity contribution in [2.75, 3.05) is 11.4 Å². The number of Topliss-reactive ketones (excluding diaryl/α,β-unsaturated/α-hetero) is 2. The molecule has 1 spiro atoms. The molecule has 2 fully saturated rings. The van der Waals surface area contributed by atoms with Crippen molar-refractivity contribution in [3.8, 4) is 0 Å². The first-order valence-electron chi connectivity index (χ1n) is 9.41. The van der Waals surface area contributed by atoms with Crippen LogP contribution in [0.2, 0.25) is 5.02 Å². The number of fused-ring (bicyclic) bond motifs is 4. The smallest absolute Gasteiger partial charge is 0.149 e. The Hall–Kier alpha value is -1.39. The van der Waals surface area contributed by atoms with E-state index in [0.29, 0.717) is 30.8 Å². The summed E-state index contributed by atoms with van der Waals surface area (Å²) in [6.45, 7) is 8.70. The molecule has 4 nitrogen and oxygen atoms in total. The van der Waals surface area contributed by atoms with Gasteiger partial charge in [0.05, 0.1) is 18.2 Å². The van der Waals surface area contributed by atoms with Gasteiger partial charge in [0.25, 0.3) is 0 Å². The van der Waals surface area contributed by atoms with Gasteiger partial charge in [-0.2, -0.15) is 0 Å². The van der Waals surface area contributed by atoms with Crippen molar-refractivity contribution in [3.05, 3.63) is 28.8 Å². The first kappa shape index (κ1) is 18.0. The SMILES string of the molecule is C[C@@H]1CN2c3cc(Cl)ccc3CC3(C(=O)CC(C)(C)CC3=O)[C@H]2[C@H](C)O1. The predicted octanol–water partition coefficient (Wildman–Crippen LogP) is 3.82. The molecule has 4 rings (SSSR count). The Kier molecular flexibility index (Phi) is 4.02. The topological polar surface area (TPSA) is 46.6 Å². The first-order valence-corrected chi connectivity index (χ1v) is 9.79. The highest BCUT2D eigenvalue weighted by Crippen LogP contribution is 2.52. The van der Waals surface area contributed by atoms with Crippen LogP contribution in [0.3, 0.4) is 0 Å². The van der Waals surface area contributed by atoms with Crippen molar-refractivity contribution in [2.24, 2.45) is 10.8 Å². The highest BCUT2D eigenvalue weighted by molar-refractivity contribution is 6.31. The average molecular weight is 376 g/mol. The van der Waals surface area contributed by atoms with E-state index in [2.05, 4.69) is 4.90 Å². The summed E-state index contributed by atoms with van der Waals surface area (Å²) in [6, 6.07) is 5.52. The van der Waals surface area contributed by atoms with Crippen LogP contribution in [0.25, 0.3) is 0 Å². The Morgan fingerprint density at radius 2 is 1.77 bits per heavy atom. The second kappa shape index (κ2) is 5.80. The zero-order chi connectivity index (χ0) is 18.9. The molecule has 1 aliphatic carbocycles. The summed E-state index contributed by atoms with van der Waals surface area (Å²) in [5.41, 5.74) is 0.806. The summed E-state index contributed by atoms with van der Waals surface area (Å²) in [7, 11) is 0. The van der Waals surface area contributed by atoms with Gasteiger partial charge in [-0.15, -0.1) is 0 Å². The summed E-state index contributed by atoms with van der Waals surface area (Å²) in [4.78, 5) is 29.1. The van der Waals surface area contributed by atoms with Gasteiger partial charge in [-0.05, 0) is 43.4 Å². The highest BCUT2D eigenvalue weighted by atomic mass is 35.5. The third-order valence-corrected chi connectivity index (χ3v) is 6.52. The maximum atomic E-state index is 13.4. The molecule has 3 atom stereocenters. The molecule has 1 saturated carbocycles. The number of carbonyl (C=O) groups excluding carboxylic acids is 2. The number of halogens is 1. The highest BCUT2D eigenvalue weighted by Gasteiger charge is 2.62. The predicted molar refractivity (Wildman–Crippen MR) is 102 cm³/mol. The Morgan fingerprint density at radius 3 is 2.42 bits per heavy atom. The van der Waals surface area contributed by atoms with Crippen LogP contribution in [0, 0.1) is 10.8 Å². The van der Waals surface area contributed by atoms with Gasteiger partial charge in [-0.3, -0.25) is 9.59 Å². The van der Waals surface area contributed by atoms with Gasteiger partial charge in [-0.25, -0.2) is 0 Å². The number of anilines is 1. The third-order valence-electron chi connectivity index (χ3n) is 6.29. The maximum Gasteiger partial charge on any atom is 0.149 e. The molecule has 5 heteroatoms. The summed E-state index contributed by atoms with van der Waals surface area (Å²) >= 11 is 6.26. The number of hydrogen-bond donors (Lipinski definition) is 0. The Morgan fingerprint density at radius 1 is 1.12 bits per heavy atom. The van der Waals surface area contributed by atoms with Crippen molar-refractivity contribution in [3.63, 3.8) is 0 Å². The molecular formula is C21H26ClNO3. The van der Waals surface area contributed by atoms with Gasteiger partial charge in [0.15, 0.2) is 0 Å². The Labute approximate surface area is 159 Å². The molecule has 1 aromatic carbocycles. The van der Waals surface area contributed by atoms with E-state index in [1.807, 2.05) is 45.9 Å². The quantitative estimate of drug-likeness (QED) is 0.647. The van der Waals surface area contributed by atoms with Crippen LogP contribution < -0.4 is 4.90 Å². The lowest BCUT2D eigenvalue weighted by atomic mass is 9.55. The minimum atomic E-state index is -1.00. The van der Waals surface area contributed by atoms with E-state index in [-0.39, 0.29) is 35.2 Å². The number of rotatable bonds is 0. The van der Waals surface area contributed by atoms with Crippen molar-refractivity contribution in [1.29, 1.82) is 0 Å². The number of carbonyl (C=O) groups is 2. The molecule has 0 bridgehead atoms. The Bertz CT molecular complexity index is 767. The van der Waals surface area contributed by atoms with Crippen LogP contribution in [-0.2, 0) is 20.7 Å². The second-order valence-corrected chi connectivity index (χ2v) is 9.47. The molecule has 140 valence electrons. The van der Waals surface area contributed by atoms with Crippen LogP contribution in [0.4, 0.5) is 5.69 Å². The van der Waals surface area contributed by atoms with Gasteiger partial charge in [0.2, 0.25) is 0 Å².